The first kappa shape index (κ1) is 17.9. The van der Waals surface area contributed by atoms with Crippen molar-refractivity contribution >= 4 is 5.91 Å². The van der Waals surface area contributed by atoms with Crippen LogP contribution in [-0.2, 0) is 11.8 Å². The molecule has 0 spiro atoms. The van der Waals surface area contributed by atoms with Crippen LogP contribution in [0.1, 0.15) is 45.5 Å². The van der Waals surface area contributed by atoms with Gasteiger partial charge >= 0.3 is 0 Å². The van der Waals surface area contributed by atoms with Crippen molar-refractivity contribution < 1.29 is 9.90 Å². The molecule has 1 amide bonds. The lowest BCUT2D eigenvalue weighted by atomic mass is 9.90. The fourth-order valence-electron chi connectivity index (χ4n) is 3.45. The minimum absolute atomic E-state index is 0.0823. The lowest BCUT2D eigenvalue weighted by Crippen LogP contribution is -2.50. The number of imidazole rings is 1. The zero-order valence-electron chi connectivity index (χ0n) is 14.8. The second-order valence-electron chi connectivity index (χ2n) is 6.40. The first-order valence-electron chi connectivity index (χ1n) is 8.67. The second-order valence-corrected chi connectivity index (χ2v) is 6.40. The molecule has 1 fully saturated rings. The van der Waals surface area contributed by atoms with Crippen LogP contribution in [0.4, 0.5) is 0 Å². The number of rotatable bonds is 6. The number of carbonyl (C=O) groups excluding carboxylic acids is 1. The number of hydrogen-bond donors (Lipinski definition) is 1. The van der Waals surface area contributed by atoms with E-state index in [2.05, 4.69) is 9.88 Å². The predicted molar refractivity (Wildman–Crippen MR) is 89.9 cm³/mol. The summed E-state index contributed by atoms with van der Waals surface area (Å²) in [6.45, 7) is 9.24. The summed E-state index contributed by atoms with van der Waals surface area (Å²) in [5, 5.41) is 10.5. The van der Waals surface area contributed by atoms with E-state index in [4.69, 9.17) is 0 Å². The van der Waals surface area contributed by atoms with Crippen LogP contribution < -0.4 is 0 Å². The summed E-state index contributed by atoms with van der Waals surface area (Å²) in [6, 6.07) is -0.0823. The van der Waals surface area contributed by atoms with E-state index in [0.29, 0.717) is 0 Å². The summed E-state index contributed by atoms with van der Waals surface area (Å²) in [4.78, 5) is 20.9. The summed E-state index contributed by atoms with van der Waals surface area (Å²) < 4.78 is 1.88. The molecule has 6 heteroatoms. The van der Waals surface area contributed by atoms with Crippen LogP contribution in [0.25, 0.3) is 0 Å². The maximum Gasteiger partial charge on any atom is 0.239 e. The molecule has 0 bridgehead atoms. The molecular formula is C17H30N4O2. The normalized spacial score (nSPS) is 19.5. The molecule has 2 rings (SSSR count). The van der Waals surface area contributed by atoms with E-state index < -0.39 is 6.10 Å². The number of aromatic nitrogens is 2. The molecule has 0 saturated carbocycles. The molecule has 0 radical (unpaired) electrons. The molecule has 1 aromatic heterocycles. The highest BCUT2D eigenvalue weighted by atomic mass is 16.3. The van der Waals surface area contributed by atoms with Crippen molar-refractivity contribution in [2.24, 2.45) is 13.0 Å². The number of amides is 1. The average molecular weight is 322 g/mol. The minimum atomic E-state index is -0.522. The van der Waals surface area contributed by atoms with Gasteiger partial charge in [0.05, 0.1) is 6.04 Å². The predicted octanol–water partition coefficient (Wildman–Crippen LogP) is 1.42. The van der Waals surface area contributed by atoms with Crippen molar-refractivity contribution in [1.29, 1.82) is 0 Å². The summed E-state index contributed by atoms with van der Waals surface area (Å²) in [5.41, 5.74) is 0. The zero-order valence-corrected chi connectivity index (χ0v) is 14.8. The highest BCUT2D eigenvalue weighted by Crippen LogP contribution is 2.30. The van der Waals surface area contributed by atoms with Gasteiger partial charge in [0, 0.05) is 32.5 Å². The molecule has 23 heavy (non-hydrogen) atoms. The van der Waals surface area contributed by atoms with Crippen LogP contribution in [0.15, 0.2) is 12.4 Å². The van der Waals surface area contributed by atoms with E-state index in [-0.39, 0.29) is 17.9 Å². The SMILES string of the molecule is CCN(CC)C(=O)C(C)N1CCC(C(O)c2nccn2C)CC1. The molecule has 1 aliphatic rings. The minimum Gasteiger partial charge on any atom is -0.385 e. The van der Waals surface area contributed by atoms with Crippen LogP contribution in [0.3, 0.4) is 0 Å². The second kappa shape index (κ2) is 7.93. The summed E-state index contributed by atoms with van der Waals surface area (Å²) in [5.74, 6) is 1.15. The van der Waals surface area contributed by atoms with E-state index in [1.165, 1.54) is 0 Å². The van der Waals surface area contributed by atoms with Crippen molar-refractivity contribution in [2.45, 2.75) is 45.8 Å². The van der Waals surface area contributed by atoms with Gasteiger partial charge < -0.3 is 14.6 Å². The smallest absolute Gasteiger partial charge is 0.239 e. The Balaban J connectivity index is 1.91. The molecule has 0 aliphatic carbocycles. The third-order valence-corrected chi connectivity index (χ3v) is 5.12. The summed E-state index contributed by atoms with van der Waals surface area (Å²) >= 11 is 0. The third-order valence-electron chi connectivity index (χ3n) is 5.12. The Morgan fingerprint density at radius 1 is 1.39 bits per heavy atom. The van der Waals surface area contributed by atoms with Crippen molar-refractivity contribution in [3.05, 3.63) is 18.2 Å². The molecule has 6 nitrogen and oxygen atoms in total. The number of aliphatic hydroxyl groups is 1. The van der Waals surface area contributed by atoms with Gasteiger partial charge in [0.15, 0.2) is 0 Å². The Morgan fingerprint density at radius 2 is 2.00 bits per heavy atom. The lowest BCUT2D eigenvalue weighted by molar-refractivity contribution is -0.136. The number of aryl methyl sites for hydroxylation is 1. The van der Waals surface area contributed by atoms with Gasteiger partial charge in [-0.2, -0.15) is 0 Å². The molecule has 0 aromatic carbocycles. The first-order valence-corrected chi connectivity index (χ1v) is 8.67. The van der Waals surface area contributed by atoms with E-state index in [0.717, 1.165) is 44.8 Å². The number of likely N-dealkylation sites (N-methyl/N-ethyl adjacent to an activating group) is 1. The molecule has 1 aliphatic heterocycles. The van der Waals surface area contributed by atoms with Gasteiger partial charge in [-0.3, -0.25) is 9.69 Å². The number of hydrogen-bond acceptors (Lipinski definition) is 4. The Hall–Kier alpha value is -1.40. The molecule has 2 heterocycles. The molecule has 1 saturated heterocycles. The fraction of sp³-hybridized carbons (Fsp3) is 0.765. The van der Waals surface area contributed by atoms with Gasteiger partial charge in [-0.05, 0) is 52.6 Å². The van der Waals surface area contributed by atoms with E-state index in [1.807, 2.05) is 43.5 Å². The standard InChI is InChI=1S/C17H30N4O2/c1-5-20(6-2)17(23)13(3)21-10-7-14(8-11-21)15(22)16-18-9-12-19(16)4/h9,12-15,22H,5-8,10-11H2,1-4H3. The van der Waals surface area contributed by atoms with Gasteiger partial charge in [-0.1, -0.05) is 0 Å². The zero-order chi connectivity index (χ0) is 17.0. The van der Waals surface area contributed by atoms with Gasteiger partial charge in [-0.15, -0.1) is 0 Å². The van der Waals surface area contributed by atoms with E-state index in [9.17, 15) is 9.90 Å². The molecule has 130 valence electrons. The molecule has 1 aromatic rings. The third kappa shape index (κ3) is 3.93. The highest BCUT2D eigenvalue weighted by molar-refractivity contribution is 5.81. The average Bonchev–Trinajstić information content (AvgIpc) is 3.00. The Morgan fingerprint density at radius 3 is 2.48 bits per heavy atom. The van der Waals surface area contributed by atoms with Crippen molar-refractivity contribution in [3.63, 3.8) is 0 Å². The van der Waals surface area contributed by atoms with Crippen LogP contribution in [-0.4, -0.2) is 62.6 Å². The van der Waals surface area contributed by atoms with Crippen LogP contribution >= 0.6 is 0 Å². The lowest BCUT2D eigenvalue weighted by Gasteiger charge is -2.38. The quantitative estimate of drug-likeness (QED) is 0.860. The number of carbonyl (C=O) groups is 1. The van der Waals surface area contributed by atoms with Gasteiger partial charge in [0.25, 0.3) is 0 Å². The maximum absolute atomic E-state index is 12.5. The molecule has 2 atom stereocenters. The number of nitrogens with zero attached hydrogens (tertiary/aromatic N) is 4. The highest BCUT2D eigenvalue weighted by Gasteiger charge is 2.32. The monoisotopic (exact) mass is 322 g/mol. The van der Waals surface area contributed by atoms with Gasteiger partial charge in [-0.25, -0.2) is 4.98 Å². The number of aliphatic hydroxyl groups excluding tert-OH is 1. The molecular weight excluding hydrogens is 292 g/mol. The van der Waals surface area contributed by atoms with Crippen molar-refractivity contribution in [1.82, 2.24) is 19.4 Å². The Kier molecular flexibility index (Phi) is 6.18. The van der Waals surface area contributed by atoms with E-state index >= 15 is 0 Å². The van der Waals surface area contributed by atoms with Crippen LogP contribution in [0, 0.1) is 5.92 Å². The summed E-state index contributed by atoms with van der Waals surface area (Å²) in [6.07, 6.45) is 4.84. The molecule has 1 N–H and O–H groups in total. The van der Waals surface area contributed by atoms with Crippen LogP contribution in [0.5, 0.6) is 0 Å². The largest absolute Gasteiger partial charge is 0.385 e. The van der Waals surface area contributed by atoms with Gasteiger partial charge in [0.1, 0.15) is 11.9 Å². The van der Waals surface area contributed by atoms with E-state index in [1.54, 1.807) is 6.20 Å². The summed E-state index contributed by atoms with van der Waals surface area (Å²) in [7, 11) is 1.91. The van der Waals surface area contributed by atoms with Crippen molar-refractivity contribution in [3.8, 4) is 0 Å². The Labute approximate surface area is 139 Å². The topological polar surface area (TPSA) is 61.6 Å². The molecule has 2 unspecified atom stereocenters. The number of piperidine rings is 1. The van der Waals surface area contributed by atoms with Gasteiger partial charge in [0.2, 0.25) is 5.91 Å². The Bertz CT molecular complexity index is 504. The number of likely N-dealkylation sites (tertiary alicyclic amines) is 1. The maximum atomic E-state index is 12.5. The first-order chi connectivity index (χ1) is 11.0. The fourth-order valence-corrected chi connectivity index (χ4v) is 3.45. The van der Waals surface area contributed by atoms with Crippen molar-refractivity contribution in [2.75, 3.05) is 26.2 Å². The van der Waals surface area contributed by atoms with Crippen LogP contribution in [0.2, 0.25) is 0 Å².